The number of carbonyl (C=O) groups excluding carboxylic acids is 8. The number of anilines is 1. The van der Waals surface area contributed by atoms with E-state index < -0.39 is 59.1 Å². The summed E-state index contributed by atoms with van der Waals surface area (Å²) in [7, 11) is 1.44. The summed E-state index contributed by atoms with van der Waals surface area (Å²) in [5.74, 6) is -4.83. The van der Waals surface area contributed by atoms with Crippen molar-refractivity contribution in [1.29, 1.82) is 0 Å². The number of aliphatic carboxylic acids is 1. The number of thioether (sulfide) groups is 1. The van der Waals surface area contributed by atoms with Gasteiger partial charge in [0.2, 0.25) is 29.5 Å². The number of amides is 8. The van der Waals surface area contributed by atoms with Gasteiger partial charge in [0.15, 0.2) is 5.78 Å². The lowest BCUT2D eigenvalue weighted by molar-refractivity contribution is -0.141. The number of ether oxygens (including phenoxy) is 1. The lowest BCUT2D eigenvalue weighted by Gasteiger charge is -2.24. The molecule has 0 spiro atoms. The lowest BCUT2D eigenvalue weighted by atomic mass is 9.89. The molecule has 0 aliphatic carbocycles. The molecule has 0 bridgehead atoms. The van der Waals surface area contributed by atoms with Crippen LogP contribution in [0.3, 0.4) is 0 Å². The van der Waals surface area contributed by atoms with Gasteiger partial charge in [-0.05, 0) is 49.3 Å². The summed E-state index contributed by atoms with van der Waals surface area (Å²) in [6, 6.07) is 3.87. The number of carboxylic acid groups (broad SMARTS) is 1. The second kappa shape index (κ2) is 23.6. The number of hydrogen-bond donors (Lipinski definition) is 7. The molecule has 1 aromatic rings. The second-order valence-electron chi connectivity index (χ2n) is 13.4. The number of urea groups is 1. The number of nitrogens with zero attached hydrogens (tertiary/aromatic N) is 1. The van der Waals surface area contributed by atoms with E-state index in [0.717, 1.165) is 16.7 Å². The van der Waals surface area contributed by atoms with Gasteiger partial charge >= 0.3 is 18.1 Å². The fraction of sp³-hybridized carbons (Fsp3) is 0.583. The second-order valence-corrected chi connectivity index (χ2v) is 14.6. The highest BCUT2D eigenvalue weighted by atomic mass is 32.2. The van der Waals surface area contributed by atoms with E-state index in [4.69, 9.17) is 10.5 Å². The third-order valence-electron chi connectivity index (χ3n) is 8.60. The van der Waals surface area contributed by atoms with Crippen LogP contribution in [0.2, 0.25) is 0 Å². The third-order valence-corrected chi connectivity index (χ3v) is 9.90. The average Bonchev–Trinajstić information content (AvgIpc) is 3.39. The van der Waals surface area contributed by atoms with Crippen LogP contribution in [-0.2, 0) is 44.9 Å². The number of likely N-dealkylation sites (tertiary alicyclic amines) is 1. The van der Waals surface area contributed by atoms with Gasteiger partial charge in [-0.1, -0.05) is 32.4 Å². The number of imide groups is 1. The van der Waals surface area contributed by atoms with E-state index in [1.165, 1.54) is 14.0 Å². The van der Waals surface area contributed by atoms with Gasteiger partial charge in [0.05, 0.1) is 11.3 Å². The summed E-state index contributed by atoms with van der Waals surface area (Å²) >= 11 is 1.01. The molecule has 4 atom stereocenters. The Labute approximate surface area is 324 Å². The van der Waals surface area contributed by atoms with Crippen molar-refractivity contribution in [2.45, 2.75) is 96.1 Å². The van der Waals surface area contributed by atoms with Crippen LogP contribution in [0.15, 0.2) is 24.3 Å². The predicted octanol–water partition coefficient (Wildman–Crippen LogP) is 1.66. The molecule has 1 aliphatic heterocycles. The summed E-state index contributed by atoms with van der Waals surface area (Å²) in [5, 5.41) is 21.3. The summed E-state index contributed by atoms with van der Waals surface area (Å²) in [5.41, 5.74) is 6.30. The first kappa shape index (κ1) is 46.0. The first-order chi connectivity index (χ1) is 26.0. The number of benzene rings is 1. The number of carboxylic acids is 1. The number of hydrogen-bond acceptors (Lipinski definition) is 11. The Balaban J connectivity index is 1.90. The molecule has 8 N–H and O–H groups in total. The van der Waals surface area contributed by atoms with E-state index in [1.54, 1.807) is 38.1 Å². The van der Waals surface area contributed by atoms with Crippen LogP contribution in [0, 0.1) is 11.8 Å². The molecular formula is C36H53N7O11S. The first-order valence-electron chi connectivity index (χ1n) is 18.1. The molecule has 0 saturated carbocycles. The molecule has 304 valence electrons. The maximum atomic E-state index is 13.6. The Morgan fingerprint density at radius 2 is 1.69 bits per heavy atom. The molecule has 19 heteroatoms. The maximum absolute atomic E-state index is 13.6. The van der Waals surface area contributed by atoms with Crippen LogP contribution in [0.25, 0.3) is 0 Å². The molecule has 1 aliphatic rings. The van der Waals surface area contributed by atoms with Gasteiger partial charge < -0.3 is 42.2 Å². The molecule has 0 aromatic heterocycles. The fourth-order valence-corrected chi connectivity index (χ4v) is 6.83. The number of nitrogens with one attached hydrogen (secondary N) is 5. The molecule has 1 heterocycles. The minimum Gasteiger partial charge on any atom is -0.480 e. The summed E-state index contributed by atoms with van der Waals surface area (Å²) < 4.78 is 5.02. The average molecular weight is 792 g/mol. The van der Waals surface area contributed by atoms with Crippen LogP contribution < -0.4 is 32.3 Å². The van der Waals surface area contributed by atoms with Gasteiger partial charge in [0.25, 0.3) is 0 Å². The summed E-state index contributed by atoms with van der Waals surface area (Å²) in [6.07, 6.45) is 1.24. The van der Waals surface area contributed by atoms with Gasteiger partial charge in [-0.2, -0.15) is 0 Å². The molecule has 1 aromatic carbocycles. The van der Waals surface area contributed by atoms with Crippen molar-refractivity contribution in [3.63, 3.8) is 0 Å². The minimum absolute atomic E-state index is 0.0312. The van der Waals surface area contributed by atoms with Crippen molar-refractivity contribution in [2.24, 2.45) is 17.6 Å². The van der Waals surface area contributed by atoms with Crippen molar-refractivity contribution >= 4 is 70.9 Å². The third kappa shape index (κ3) is 16.8. The number of Topliss-reactive ketones (excluding diaryl/α,β-unsaturated/α-hetero) is 1. The molecule has 8 amide bonds. The van der Waals surface area contributed by atoms with Crippen molar-refractivity contribution in [2.75, 3.05) is 31.2 Å². The van der Waals surface area contributed by atoms with Gasteiger partial charge in [0.1, 0.15) is 12.6 Å². The Morgan fingerprint density at radius 3 is 2.29 bits per heavy atom. The minimum atomic E-state index is -1.24. The van der Waals surface area contributed by atoms with Crippen LogP contribution in [0.1, 0.15) is 77.7 Å². The van der Waals surface area contributed by atoms with Gasteiger partial charge in [-0.25, -0.2) is 14.4 Å². The zero-order chi connectivity index (χ0) is 41.1. The SMILES string of the molecule is CNC(=O)OCc1ccc(NC(=O)[C@H](CCCNC(N)=O)CC(=O)[C@@H](NC(=O)CCCCCN2C(=O)CC(SC[C@H](NC(C)=O)C(=O)O)C2=O)C(C)C)cc1. The largest absolute Gasteiger partial charge is 0.480 e. The topological polar surface area (TPSA) is 272 Å². The maximum Gasteiger partial charge on any atom is 0.407 e. The molecule has 1 saturated heterocycles. The number of rotatable bonds is 24. The first-order valence-corrected chi connectivity index (χ1v) is 19.1. The molecule has 1 unspecified atom stereocenters. The molecule has 55 heavy (non-hydrogen) atoms. The molecule has 2 rings (SSSR count). The molecule has 1 fully saturated rings. The van der Waals surface area contributed by atoms with Crippen molar-refractivity contribution in [1.82, 2.24) is 26.2 Å². The number of primary amides is 1. The zero-order valence-electron chi connectivity index (χ0n) is 31.6. The number of nitrogens with two attached hydrogens (primary N) is 1. The molecular weight excluding hydrogens is 739 g/mol. The highest BCUT2D eigenvalue weighted by molar-refractivity contribution is 8.00. The van der Waals surface area contributed by atoms with E-state index in [-0.39, 0.29) is 74.6 Å². The lowest BCUT2D eigenvalue weighted by Crippen LogP contribution is -2.45. The van der Waals surface area contributed by atoms with E-state index >= 15 is 0 Å². The number of ketones is 1. The number of unbranched alkanes of at least 4 members (excludes halogenated alkanes) is 2. The van der Waals surface area contributed by atoms with Gasteiger partial charge in [-0.15, -0.1) is 11.8 Å². The van der Waals surface area contributed by atoms with Crippen LogP contribution in [0.4, 0.5) is 15.3 Å². The number of alkyl carbamates (subject to hydrolysis) is 1. The van der Waals surface area contributed by atoms with Crippen molar-refractivity contribution in [3.05, 3.63) is 29.8 Å². The number of carbonyl (C=O) groups is 9. The van der Waals surface area contributed by atoms with Gasteiger partial charge in [0, 0.05) is 63.7 Å². The van der Waals surface area contributed by atoms with E-state index in [2.05, 4.69) is 26.6 Å². The predicted molar refractivity (Wildman–Crippen MR) is 202 cm³/mol. The van der Waals surface area contributed by atoms with E-state index in [0.29, 0.717) is 36.9 Å². The van der Waals surface area contributed by atoms with Crippen LogP contribution in [0.5, 0.6) is 0 Å². The monoisotopic (exact) mass is 791 g/mol. The highest BCUT2D eigenvalue weighted by Gasteiger charge is 2.39. The molecule has 18 nitrogen and oxygen atoms in total. The normalized spacial score (nSPS) is 15.4. The van der Waals surface area contributed by atoms with Crippen LogP contribution >= 0.6 is 11.8 Å². The Kier molecular flexibility index (Phi) is 19.7. The van der Waals surface area contributed by atoms with E-state index in [1.807, 2.05) is 0 Å². The summed E-state index contributed by atoms with van der Waals surface area (Å²) in [6.45, 7) is 5.12. The Hall–Kier alpha value is -5.20. The van der Waals surface area contributed by atoms with Crippen molar-refractivity contribution < 1.29 is 53.0 Å². The summed E-state index contributed by atoms with van der Waals surface area (Å²) in [4.78, 5) is 111. The Morgan fingerprint density at radius 1 is 1.00 bits per heavy atom. The van der Waals surface area contributed by atoms with Crippen molar-refractivity contribution in [3.8, 4) is 0 Å². The quantitative estimate of drug-likeness (QED) is 0.0582. The fourth-order valence-electron chi connectivity index (χ4n) is 5.65. The van der Waals surface area contributed by atoms with Crippen LogP contribution in [-0.4, -0.2) is 107 Å². The smallest absolute Gasteiger partial charge is 0.407 e. The van der Waals surface area contributed by atoms with E-state index in [9.17, 15) is 48.3 Å². The molecule has 0 radical (unpaired) electrons. The Bertz CT molecular complexity index is 1540. The highest BCUT2D eigenvalue weighted by Crippen LogP contribution is 2.26. The zero-order valence-corrected chi connectivity index (χ0v) is 32.5. The van der Waals surface area contributed by atoms with Gasteiger partial charge in [-0.3, -0.25) is 33.7 Å². The standard InChI is InChI=1S/C36H53N7O11S/c1-21(2)31(42-29(46)10-6-5-7-16-43-30(47)18-28(33(43)49)55-20-26(34(50)51)40-22(3)44)27(45)17-24(9-8-15-39-35(37)52)32(48)41-25-13-11-23(12-14-25)19-54-36(53)38-4/h11-14,21,24,26,28,31H,5-10,15-20H2,1-4H3,(H,38,53)(H,40,44)(H,41,48)(H,42,46)(H,50,51)(H3,37,39,52)/t24-,26+,28?,31+/m1/s1.